The monoisotopic (exact) mass is 486 g/mol. The summed E-state index contributed by atoms with van der Waals surface area (Å²) in [6.07, 6.45) is 3.41. The molecule has 1 heterocycles. The van der Waals surface area contributed by atoms with E-state index in [1.807, 2.05) is 0 Å². The molecule has 0 saturated carbocycles. The van der Waals surface area contributed by atoms with Crippen LogP contribution >= 0.6 is 0 Å². The first-order valence-corrected chi connectivity index (χ1v) is 11.4. The molecule has 35 heavy (non-hydrogen) atoms. The summed E-state index contributed by atoms with van der Waals surface area (Å²) in [4.78, 5) is 50.6. The van der Waals surface area contributed by atoms with E-state index in [1.165, 1.54) is 11.8 Å². The second-order valence-corrected chi connectivity index (χ2v) is 9.50. The van der Waals surface area contributed by atoms with Gasteiger partial charge in [0.05, 0.1) is 12.1 Å². The number of carbonyl (C=O) groups is 4. The van der Waals surface area contributed by atoms with Crippen molar-refractivity contribution in [1.82, 2.24) is 20.9 Å². The number of benzene rings is 1. The number of rotatable bonds is 9. The van der Waals surface area contributed by atoms with E-state index in [-0.39, 0.29) is 31.5 Å². The minimum Gasteiger partial charge on any atom is -0.465 e. The molecule has 1 aliphatic heterocycles. The highest BCUT2D eigenvalue weighted by Crippen LogP contribution is 2.29. The van der Waals surface area contributed by atoms with Gasteiger partial charge >= 0.3 is 6.09 Å². The number of aliphatic hydroxyl groups is 1. The van der Waals surface area contributed by atoms with Crippen molar-refractivity contribution in [2.24, 2.45) is 5.41 Å². The van der Waals surface area contributed by atoms with Crippen molar-refractivity contribution in [2.45, 2.75) is 64.8 Å². The number of β-amino-alcohol motifs (C(OH)–C–C–N with tert-alkyl or cyclic N) is 1. The Labute approximate surface area is 205 Å². The minimum absolute atomic E-state index is 0.0342. The van der Waals surface area contributed by atoms with E-state index >= 15 is 0 Å². The summed E-state index contributed by atoms with van der Waals surface area (Å²) < 4.78 is 0. The summed E-state index contributed by atoms with van der Waals surface area (Å²) in [5.74, 6) is 1.23. The molecule has 1 aliphatic rings. The number of aliphatic hydroxyl groups excluding tert-OH is 1. The molecule has 0 spiro atoms. The fraction of sp³-hybridized carbons (Fsp3) is 0.520. The van der Waals surface area contributed by atoms with Crippen LogP contribution in [-0.2, 0) is 14.4 Å². The van der Waals surface area contributed by atoms with E-state index in [4.69, 9.17) is 6.42 Å². The topological polar surface area (TPSA) is 148 Å². The highest BCUT2D eigenvalue weighted by Gasteiger charge is 2.45. The molecule has 4 atom stereocenters. The van der Waals surface area contributed by atoms with E-state index in [1.54, 1.807) is 45.0 Å². The van der Waals surface area contributed by atoms with Gasteiger partial charge in [0.25, 0.3) is 0 Å². The standard InChI is InChI=1S/C25H34N4O6/c1-6-17-7-9-18(10-8-17)15(2)27-22(32)20-13-19(31)14-29(20)23(33)21(28-24(34)35)25(4,5)11-12-26-16(3)30/h1,7-10,15,19-21,28,31H,11-14H2,2-5H3,(H,26,30)(H,27,32)(H,34,35)/t15-,19+,20-,21?/m0/s1. The molecule has 1 unspecified atom stereocenters. The van der Waals surface area contributed by atoms with Gasteiger partial charge in [-0.25, -0.2) is 4.79 Å². The Morgan fingerprint density at radius 1 is 1.20 bits per heavy atom. The van der Waals surface area contributed by atoms with Crippen molar-refractivity contribution in [2.75, 3.05) is 13.1 Å². The molecule has 1 saturated heterocycles. The van der Waals surface area contributed by atoms with Crippen molar-refractivity contribution in [1.29, 1.82) is 0 Å². The summed E-state index contributed by atoms with van der Waals surface area (Å²) >= 11 is 0. The maximum absolute atomic E-state index is 13.5. The molecular formula is C25H34N4O6. The molecule has 190 valence electrons. The van der Waals surface area contributed by atoms with Gasteiger partial charge in [0.15, 0.2) is 0 Å². The van der Waals surface area contributed by atoms with E-state index in [0.717, 1.165) is 5.56 Å². The van der Waals surface area contributed by atoms with Crippen molar-refractivity contribution in [3.05, 3.63) is 35.4 Å². The molecule has 0 bridgehead atoms. The lowest BCUT2D eigenvalue weighted by Gasteiger charge is -2.37. The summed E-state index contributed by atoms with van der Waals surface area (Å²) in [6.45, 7) is 6.72. The molecule has 10 heteroatoms. The number of carbonyl (C=O) groups excluding carboxylic acids is 3. The Kier molecular flexibility index (Phi) is 9.25. The summed E-state index contributed by atoms with van der Waals surface area (Å²) in [7, 11) is 0. The smallest absolute Gasteiger partial charge is 0.405 e. The number of likely N-dealkylation sites (tertiary alicyclic amines) is 1. The summed E-state index contributed by atoms with van der Waals surface area (Å²) in [5.41, 5.74) is 0.637. The maximum Gasteiger partial charge on any atom is 0.405 e. The molecule has 2 rings (SSSR count). The first-order valence-electron chi connectivity index (χ1n) is 11.4. The van der Waals surface area contributed by atoms with Crippen LogP contribution < -0.4 is 16.0 Å². The van der Waals surface area contributed by atoms with Crippen LogP contribution in [-0.4, -0.2) is 70.2 Å². The predicted molar refractivity (Wildman–Crippen MR) is 129 cm³/mol. The van der Waals surface area contributed by atoms with E-state index in [0.29, 0.717) is 12.0 Å². The average Bonchev–Trinajstić information content (AvgIpc) is 3.18. The van der Waals surface area contributed by atoms with Gasteiger partial charge in [-0.3, -0.25) is 14.4 Å². The van der Waals surface area contributed by atoms with E-state index in [2.05, 4.69) is 21.9 Å². The Balaban J connectivity index is 2.20. The predicted octanol–water partition coefficient (Wildman–Crippen LogP) is 0.996. The third kappa shape index (κ3) is 7.45. The van der Waals surface area contributed by atoms with Crippen LogP contribution in [0.25, 0.3) is 0 Å². The van der Waals surface area contributed by atoms with Gasteiger partial charge in [0.2, 0.25) is 17.7 Å². The van der Waals surface area contributed by atoms with Crippen LogP contribution in [0.2, 0.25) is 0 Å². The van der Waals surface area contributed by atoms with Gasteiger partial charge in [-0.15, -0.1) is 6.42 Å². The largest absolute Gasteiger partial charge is 0.465 e. The van der Waals surface area contributed by atoms with Crippen molar-refractivity contribution < 1.29 is 29.4 Å². The Hall–Kier alpha value is -3.58. The van der Waals surface area contributed by atoms with Gasteiger partial charge in [0.1, 0.15) is 12.1 Å². The van der Waals surface area contributed by atoms with Crippen LogP contribution in [0, 0.1) is 17.8 Å². The Morgan fingerprint density at radius 2 is 1.83 bits per heavy atom. The van der Waals surface area contributed by atoms with Crippen LogP contribution in [0.5, 0.6) is 0 Å². The van der Waals surface area contributed by atoms with Crippen LogP contribution in [0.3, 0.4) is 0 Å². The Morgan fingerprint density at radius 3 is 2.37 bits per heavy atom. The third-order valence-electron chi connectivity index (χ3n) is 6.24. The van der Waals surface area contributed by atoms with Crippen molar-refractivity contribution in [3.8, 4) is 12.3 Å². The van der Waals surface area contributed by atoms with E-state index in [9.17, 15) is 29.4 Å². The number of carboxylic acid groups (broad SMARTS) is 1. The van der Waals surface area contributed by atoms with Crippen molar-refractivity contribution >= 4 is 23.8 Å². The molecular weight excluding hydrogens is 452 g/mol. The van der Waals surface area contributed by atoms with Crippen LogP contribution in [0.4, 0.5) is 4.79 Å². The molecule has 0 aliphatic carbocycles. The lowest BCUT2D eigenvalue weighted by molar-refractivity contribution is -0.142. The quantitative estimate of drug-likeness (QED) is 0.329. The highest BCUT2D eigenvalue weighted by molar-refractivity contribution is 5.92. The van der Waals surface area contributed by atoms with Gasteiger partial charge in [0, 0.05) is 32.0 Å². The van der Waals surface area contributed by atoms with Gasteiger partial charge in [-0.2, -0.15) is 0 Å². The molecule has 0 aromatic heterocycles. The number of amides is 4. The van der Waals surface area contributed by atoms with Crippen molar-refractivity contribution in [3.63, 3.8) is 0 Å². The molecule has 10 nitrogen and oxygen atoms in total. The zero-order chi connectivity index (χ0) is 26.3. The first kappa shape index (κ1) is 27.7. The average molecular weight is 487 g/mol. The fourth-order valence-electron chi connectivity index (χ4n) is 4.15. The van der Waals surface area contributed by atoms with Gasteiger partial charge in [-0.05, 0) is 36.5 Å². The maximum atomic E-state index is 13.5. The second kappa shape index (κ2) is 11.7. The molecule has 1 fully saturated rings. The lowest BCUT2D eigenvalue weighted by atomic mass is 9.80. The van der Waals surface area contributed by atoms with Gasteiger partial charge < -0.3 is 31.1 Å². The fourth-order valence-corrected chi connectivity index (χ4v) is 4.15. The first-order chi connectivity index (χ1) is 16.4. The second-order valence-electron chi connectivity index (χ2n) is 9.50. The normalized spacial score (nSPS) is 19.3. The lowest BCUT2D eigenvalue weighted by Crippen LogP contribution is -2.58. The number of nitrogens with one attached hydrogen (secondary N) is 3. The zero-order valence-corrected chi connectivity index (χ0v) is 20.5. The number of hydrogen-bond donors (Lipinski definition) is 5. The Bertz CT molecular complexity index is 985. The summed E-state index contributed by atoms with van der Waals surface area (Å²) in [5, 5.41) is 27.4. The third-order valence-corrected chi connectivity index (χ3v) is 6.24. The minimum atomic E-state index is -1.39. The zero-order valence-electron chi connectivity index (χ0n) is 20.5. The number of terminal acetylenes is 1. The van der Waals surface area contributed by atoms with Gasteiger partial charge in [-0.1, -0.05) is 31.9 Å². The molecule has 1 aromatic carbocycles. The molecule has 5 N–H and O–H groups in total. The molecule has 4 amide bonds. The number of nitrogens with zero attached hydrogens (tertiary/aromatic N) is 1. The highest BCUT2D eigenvalue weighted by atomic mass is 16.4. The number of hydrogen-bond acceptors (Lipinski definition) is 5. The van der Waals surface area contributed by atoms with E-state index < -0.39 is 41.5 Å². The molecule has 1 aromatic rings. The summed E-state index contributed by atoms with van der Waals surface area (Å²) in [6, 6.07) is 4.59. The SMILES string of the molecule is C#Cc1ccc([C@H](C)NC(=O)[C@@H]2C[C@@H](O)CN2C(=O)C(NC(=O)O)C(C)(C)CCNC(C)=O)cc1. The van der Waals surface area contributed by atoms with Crippen LogP contribution in [0.15, 0.2) is 24.3 Å². The van der Waals surface area contributed by atoms with Crippen LogP contribution in [0.1, 0.15) is 57.7 Å². The molecule has 0 radical (unpaired) electrons.